The minimum Gasteiger partial charge on any atom is -0.337 e. The molecular formula is C23H21N7O2. The molecule has 1 fully saturated rings. The van der Waals surface area contributed by atoms with Crippen LogP contribution in [0.25, 0.3) is 0 Å². The Labute approximate surface area is 184 Å². The molecule has 1 aromatic carbocycles. The third kappa shape index (κ3) is 3.30. The number of pyridine rings is 1. The van der Waals surface area contributed by atoms with Crippen LogP contribution in [0.3, 0.4) is 0 Å². The van der Waals surface area contributed by atoms with Gasteiger partial charge in [0.1, 0.15) is 23.8 Å². The summed E-state index contributed by atoms with van der Waals surface area (Å²) in [5.41, 5.74) is 2.38. The number of anilines is 1. The van der Waals surface area contributed by atoms with E-state index in [-0.39, 0.29) is 29.5 Å². The second kappa shape index (κ2) is 7.57. The number of benzene rings is 1. The van der Waals surface area contributed by atoms with Crippen LogP contribution < -0.4 is 10.2 Å². The lowest BCUT2D eigenvalue weighted by Crippen LogP contribution is -2.49. The van der Waals surface area contributed by atoms with Crippen LogP contribution in [-0.4, -0.2) is 45.1 Å². The zero-order valence-corrected chi connectivity index (χ0v) is 17.6. The molecule has 5 rings (SSSR count). The Kier molecular flexibility index (Phi) is 4.70. The molecule has 1 aliphatic heterocycles. The molecule has 3 aromatic rings. The molecule has 2 aliphatic rings. The van der Waals surface area contributed by atoms with Crippen molar-refractivity contribution in [1.82, 2.24) is 25.5 Å². The molecule has 1 saturated carbocycles. The number of rotatable bonds is 4. The van der Waals surface area contributed by atoms with Gasteiger partial charge < -0.3 is 10.3 Å². The van der Waals surface area contributed by atoms with Gasteiger partial charge in [-0.15, -0.1) is 10.2 Å². The topological polar surface area (TPSA) is 128 Å². The smallest absolute Gasteiger partial charge is 0.289 e. The lowest BCUT2D eigenvalue weighted by Gasteiger charge is -2.23. The number of nitrogens with zero attached hydrogens (tertiary/aromatic N) is 5. The van der Waals surface area contributed by atoms with Crippen molar-refractivity contribution >= 4 is 17.6 Å². The minimum atomic E-state index is -0.713. The van der Waals surface area contributed by atoms with Gasteiger partial charge in [-0.2, -0.15) is 5.26 Å². The van der Waals surface area contributed by atoms with Gasteiger partial charge in [0.05, 0.1) is 5.56 Å². The molecule has 2 N–H and O–H groups in total. The predicted molar refractivity (Wildman–Crippen MR) is 115 cm³/mol. The molecule has 0 unspecified atom stereocenters. The maximum absolute atomic E-state index is 13.2. The molecule has 32 heavy (non-hydrogen) atoms. The van der Waals surface area contributed by atoms with Crippen molar-refractivity contribution in [1.29, 1.82) is 5.26 Å². The Morgan fingerprint density at radius 3 is 2.81 bits per heavy atom. The summed E-state index contributed by atoms with van der Waals surface area (Å²) in [5.74, 6) is 0.624. The summed E-state index contributed by atoms with van der Waals surface area (Å²) in [7, 11) is 1.64. The summed E-state index contributed by atoms with van der Waals surface area (Å²) in [6.07, 6.45) is 1.99. The standard InChI is InChI=1S/C23H21N7O2/c1-12-17-15-8-14(10-24)11-25-21(15)30(2)23(32)19(18(12)17)27-22(31)20-26-16(28-29-20)9-13-6-4-3-5-7-13/h3-8,11-12,17-19H,9H2,1-2H3,(H,27,31)(H,26,28,29)/t12-,17-,18+,19-/m0/s1. The van der Waals surface area contributed by atoms with E-state index in [0.717, 1.165) is 11.1 Å². The average Bonchev–Trinajstić information content (AvgIpc) is 3.26. The van der Waals surface area contributed by atoms with E-state index >= 15 is 0 Å². The molecular weight excluding hydrogens is 406 g/mol. The molecule has 1 aliphatic carbocycles. The summed E-state index contributed by atoms with van der Waals surface area (Å²) in [5, 5.41) is 20.1. The molecule has 0 spiro atoms. The van der Waals surface area contributed by atoms with Crippen LogP contribution in [0.4, 0.5) is 5.82 Å². The van der Waals surface area contributed by atoms with Crippen LogP contribution in [0.5, 0.6) is 0 Å². The number of nitriles is 1. The van der Waals surface area contributed by atoms with Crippen LogP contribution in [-0.2, 0) is 11.2 Å². The van der Waals surface area contributed by atoms with E-state index in [4.69, 9.17) is 0 Å². The second-order valence-electron chi connectivity index (χ2n) is 8.34. The highest BCUT2D eigenvalue weighted by Crippen LogP contribution is 2.59. The van der Waals surface area contributed by atoms with E-state index < -0.39 is 11.9 Å². The molecule has 4 atom stereocenters. The van der Waals surface area contributed by atoms with E-state index in [9.17, 15) is 14.9 Å². The number of hydrogen-bond acceptors (Lipinski definition) is 6. The van der Waals surface area contributed by atoms with Gasteiger partial charge in [-0.05, 0) is 29.4 Å². The molecule has 160 valence electrons. The number of amides is 2. The highest BCUT2D eigenvalue weighted by Gasteiger charge is 2.58. The van der Waals surface area contributed by atoms with Crippen molar-refractivity contribution in [3.8, 4) is 6.07 Å². The van der Waals surface area contributed by atoms with E-state index in [0.29, 0.717) is 23.6 Å². The number of carbonyl (C=O) groups excluding carboxylic acids is 2. The highest BCUT2D eigenvalue weighted by atomic mass is 16.2. The van der Waals surface area contributed by atoms with Crippen molar-refractivity contribution in [2.45, 2.75) is 25.3 Å². The Hall–Kier alpha value is -4.06. The first kappa shape index (κ1) is 19.9. The minimum absolute atomic E-state index is 0.0494. The third-order valence-corrected chi connectivity index (χ3v) is 6.38. The molecule has 0 bridgehead atoms. The lowest BCUT2D eigenvalue weighted by molar-refractivity contribution is -0.120. The summed E-state index contributed by atoms with van der Waals surface area (Å²) >= 11 is 0. The first-order chi connectivity index (χ1) is 15.5. The van der Waals surface area contributed by atoms with Crippen molar-refractivity contribution in [2.24, 2.45) is 11.8 Å². The largest absolute Gasteiger partial charge is 0.337 e. The molecule has 2 amide bonds. The summed E-state index contributed by atoms with van der Waals surface area (Å²) in [4.78, 5) is 34.9. The number of aromatic amines is 1. The fourth-order valence-corrected chi connectivity index (χ4v) is 4.67. The molecule has 2 aromatic heterocycles. The Morgan fingerprint density at radius 2 is 2.06 bits per heavy atom. The number of carbonyl (C=O) groups is 2. The van der Waals surface area contributed by atoms with E-state index in [1.165, 1.54) is 11.1 Å². The van der Waals surface area contributed by atoms with E-state index in [1.54, 1.807) is 13.1 Å². The number of fused-ring (bicyclic) bond motifs is 3. The van der Waals surface area contributed by atoms with Gasteiger partial charge in [0.2, 0.25) is 5.82 Å². The van der Waals surface area contributed by atoms with Crippen LogP contribution in [0.2, 0.25) is 0 Å². The lowest BCUT2D eigenvalue weighted by atomic mass is 10.1. The Morgan fingerprint density at radius 1 is 1.28 bits per heavy atom. The molecule has 9 heteroatoms. The summed E-state index contributed by atoms with van der Waals surface area (Å²) < 4.78 is 0. The average molecular weight is 427 g/mol. The predicted octanol–water partition coefficient (Wildman–Crippen LogP) is 1.79. The monoisotopic (exact) mass is 427 g/mol. The molecule has 9 nitrogen and oxygen atoms in total. The highest BCUT2D eigenvalue weighted by molar-refractivity contribution is 6.02. The molecule has 0 saturated heterocycles. The Balaban J connectivity index is 1.36. The fourth-order valence-electron chi connectivity index (χ4n) is 4.67. The van der Waals surface area contributed by atoms with Crippen molar-refractivity contribution in [2.75, 3.05) is 11.9 Å². The zero-order valence-electron chi connectivity index (χ0n) is 17.6. The fraction of sp³-hybridized carbons (Fsp3) is 0.304. The van der Waals surface area contributed by atoms with Crippen molar-refractivity contribution in [3.05, 3.63) is 70.9 Å². The number of H-pyrrole nitrogens is 1. The van der Waals surface area contributed by atoms with E-state index in [1.807, 2.05) is 37.3 Å². The van der Waals surface area contributed by atoms with Crippen LogP contribution in [0, 0.1) is 23.2 Å². The van der Waals surface area contributed by atoms with Gasteiger partial charge in [-0.25, -0.2) is 4.98 Å². The number of nitrogens with one attached hydrogen (secondary N) is 2. The van der Waals surface area contributed by atoms with Gasteiger partial charge >= 0.3 is 0 Å². The zero-order chi connectivity index (χ0) is 22.4. The summed E-state index contributed by atoms with van der Waals surface area (Å²) in [6, 6.07) is 12.9. The normalized spacial score (nSPS) is 23.5. The maximum Gasteiger partial charge on any atom is 0.289 e. The molecule has 3 heterocycles. The van der Waals surface area contributed by atoms with Gasteiger partial charge in [0.25, 0.3) is 11.8 Å². The first-order valence-electron chi connectivity index (χ1n) is 10.4. The second-order valence-corrected chi connectivity index (χ2v) is 8.34. The van der Waals surface area contributed by atoms with Gasteiger partial charge in [0, 0.05) is 25.2 Å². The summed E-state index contributed by atoms with van der Waals surface area (Å²) in [6.45, 7) is 2.04. The Bertz CT molecular complexity index is 1250. The van der Waals surface area contributed by atoms with Crippen LogP contribution >= 0.6 is 0 Å². The van der Waals surface area contributed by atoms with Crippen molar-refractivity contribution < 1.29 is 9.59 Å². The van der Waals surface area contributed by atoms with E-state index in [2.05, 4.69) is 31.6 Å². The number of aromatic nitrogens is 4. The third-order valence-electron chi connectivity index (χ3n) is 6.38. The van der Waals surface area contributed by atoms with Gasteiger partial charge in [0.15, 0.2) is 0 Å². The van der Waals surface area contributed by atoms with Crippen LogP contribution in [0.1, 0.15) is 46.0 Å². The van der Waals surface area contributed by atoms with Crippen LogP contribution in [0.15, 0.2) is 42.6 Å². The number of hydrogen-bond donors (Lipinski definition) is 2. The van der Waals surface area contributed by atoms with Crippen molar-refractivity contribution in [3.63, 3.8) is 0 Å². The molecule has 0 radical (unpaired) electrons. The first-order valence-corrected chi connectivity index (χ1v) is 10.4. The van der Waals surface area contributed by atoms with Gasteiger partial charge in [-0.1, -0.05) is 37.3 Å². The number of likely N-dealkylation sites (N-methyl/N-ethyl adjacent to an activating group) is 1. The SMILES string of the molecule is C[C@H]1[C@H]2c3cc(C#N)cnc3N(C)C(=O)[C@@H](NC(=O)c3nnc(Cc4ccccc4)[nH]3)[C@H]12. The quantitative estimate of drug-likeness (QED) is 0.653. The maximum atomic E-state index is 13.2. The van der Waals surface area contributed by atoms with Gasteiger partial charge in [-0.3, -0.25) is 14.5 Å².